The highest BCUT2D eigenvalue weighted by Crippen LogP contribution is 2.25. The van der Waals surface area contributed by atoms with Gasteiger partial charge >= 0.3 is 0 Å². The molecule has 142 valence electrons. The molecule has 8 heteroatoms. The lowest BCUT2D eigenvalue weighted by Crippen LogP contribution is -2.25. The zero-order valence-corrected chi connectivity index (χ0v) is 16.0. The van der Waals surface area contributed by atoms with Crippen molar-refractivity contribution in [3.8, 4) is 11.8 Å². The number of methoxy groups -OCH3 is 1. The number of carbonyl (C=O) groups is 1. The average Bonchev–Trinajstić information content (AvgIpc) is 2.67. The third-order valence-electron chi connectivity index (χ3n) is 3.75. The molecule has 0 saturated carbocycles. The van der Waals surface area contributed by atoms with Crippen molar-refractivity contribution in [2.45, 2.75) is 24.7 Å². The van der Waals surface area contributed by atoms with Gasteiger partial charge in [0.15, 0.2) is 0 Å². The highest BCUT2D eigenvalue weighted by Gasteiger charge is 2.21. The minimum atomic E-state index is -3.79. The average molecular weight is 387 g/mol. The van der Waals surface area contributed by atoms with E-state index < -0.39 is 15.9 Å². The van der Waals surface area contributed by atoms with Gasteiger partial charge in [-0.25, -0.2) is 13.1 Å². The van der Waals surface area contributed by atoms with Gasteiger partial charge < -0.3 is 10.1 Å². The Morgan fingerprint density at radius 1 is 1.19 bits per heavy atom. The lowest BCUT2D eigenvalue weighted by molar-refractivity contribution is 0.102. The number of ether oxygens (including phenoxy) is 1. The van der Waals surface area contributed by atoms with Gasteiger partial charge in [-0.3, -0.25) is 4.79 Å². The molecule has 0 bridgehead atoms. The number of hydrogen-bond donors (Lipinski definition) is 2. The van der Waals surface area contributed by atoms with E-state index in [-0.39, 0.29) is 22.8 Å². The summed E-state index contributed by atoms with van der Waals surface area (Å²) in [7, 11) is -2.42. The van der Waals surface area contributed by atoms with Crippen LogP contribution in [-0.4, -0.2) is 28.0 Å². The Hall–Kier alpha value is -2.89. The summed E-state index contributed by atoms with van der Waals surface area (Å²) in [5.41, 5.74) is 1.58. The number of hydrogen-bond acceptors (Lipinski definition) is 5. The fraction of sp³-hybridized carbons (Fsp3) is 0.263. The van der Waals surface area contributed by atoms with Crippen LogP contribution < -0.4 is 14.8 Å². The Morgan fingerprint density at radius 2 is 1.89 bits per heavy atom. The summed E-state index contributed by atoms with van der Waals surface area (Å²) in [6.07, 6.45) is 0.933. The van der Waals surface area contributed by atoms with Gasteiger partial charge in [0, 0.05) is 17.8 Å². The number of benzene rings is 2. The predicted octanol–water partition coefficient (Wildman–Crippen LogP) is 2.70. The molecule has 1 amide bonds. The minimum Gasteiger partial charge on any atom is -0.495 e. The van der Waals surface area contributed by atoms with Gasteiger partial charge in [-0.1, -0.05) is 19.1 Å². The number of nitriles is 1. The second kappa shape index (κ2) is 9.16. The van der Waals surface area contributed by atoms with E-state index in [4.69, 9.17) is 10.00 Å². The van der Waals surface area contributed by atoms with Crippen LogP contribution in [0.3, 0.4) is 0 Å². The quantitative estimate of drug-likeness (QED) is 0.724. The zero-order chi connectivity index (χ0) is 19.9. The van der Waals surface area contributed by atoms with Crippen LogP contribution in [0.2, 0.25) is 0 Å². The van der Waals surface area contributed by atoms with Crippen molar-refractivity contribution in [2.24, 2.45) is 0 Å². The van der Waals surface area contributed by atoms with Crippen molar-refractivity contribution in [3.63, 3.8) is 0 Å². The van der Waals surface area contributed by atoms with Crippen LogP contribution in [-0.2, 0) is 16.4 Å². The summed E-state index contributed by atoms with van der Waals surface area (Å²) in [5.74, 6) is -0.284. The Balaban J connectivity index is 2.26. The summed E-state index contributed by atoms with van der Waals surface area (Å²) >= 11 is 0. The van der Waals surface area contributed by atoms with Crippen LogP contribution >= 0.6 is 0 Å². The van der Waals surface area contributed by atoms with Crippen molar-refractivity contribution >= 4 is 21.6 Å². The summed E-state index contributed by atoms with van der Waals surface area (Å²) in [6, 6.07) is 13.2. The molecular formula is C19H21N3O4S. The molecule has 0 radical (unpaired) electrons. The standard InChI is InChI=1S/C19H21N3O4S/c1-3-12-21-27(24,25)18-13-15(6-9-17(18)26-2)19(23)22-16-7-4-14(5-8-16)10-11-20/h4-9,13,21H,3,10,12H2,1-2H3,(H,22,23). The third kappa shape index (κ3) is 5.29. The molecule has 0 aliphatic rings. The van der Waals surface area contributed by atoms with E-state index >= 15 is 0 Å². The molecule has 0 unspecified atom stereocenters. The van der Waals surface area contributed by atoms with Crippen LogP contribution in [0.25, 0.3) is 0 Å². The first-order valence-electron chi connectivity index (χ1n) is 8.36. The summed E-state index contributed by atoms with van der Waals surface area (Å²) in [6.45, 7) is 2.14. The summed E-state index contributed by atoms with van der Waals surface area (Å²) in [5, 5.41) is 11.4. The smallest absolute Gasteiger partial charge is 0.255 e. The summed E-state index contributed by atoms with van der Waals surface area (Å²) < 4.78 is 32.5. The van der Waals surface area contributed by atoms with Crippen molar-refractivity contribution in [3.05, 3.63) is 53.6 Å². The number of nitrogens with one attached hydrogen (secondary N) is 2. The fourth-order valence-corrected chi connectivity index (χ4v) is 3.67. The van der Waals surface area contributed by atoms with Crippen LogP contribution in [0.4, 0.5) is 5.69 Å². The SMILES string of the molecule is CCCNS(=O)(=O)c1cc(C(=O)Nc2ccc(CC#N)cc2)ccc1OC. The van der Waals surface area contributed by atoms with Crippen molar-refractivity contribution in [1.29, 1.82) is 5.26 Å². The first kappa shape index (κ1) is 20.4. The molecule has 7 nitrogen and oxygen atoms in total. The zero-order valence-electron chi connectivity index (χ0n) is 15.2. The normalized spacial score (nSPS) is 10.9. The second-order valence-electron chi connectivity index (χ2n) is 5.75. The monoisotopic (exact) mass is 387 g/mol. The fourth-order valence-electron chi connectivity index (χ4n) is 2.34. The van der Waals surface area contributed by atoms with E-state index in [0.29, 0.717) is 18.5 Å². The molecular weight excluding hydrogens is 366 g/mol. The molecule has 0 spiro atoms. The van der Waals surface area contributed by atoms with Gasteiger partial charge in [-0.2, -0.15) is 5.26 Å². The molecule has 27 heavy (non-hydrogen) atoms. The number of sulfonamides is 1. The molecule has 2 aromatic carbocycles. The lowest BCUT2D eigenvalue weighted by Gasteiger charge is -2.12. The van der Waals surface area contributed by atoms with Crippen molar-refractivity contribution in [1.82, 2.24) is 4.72 Å². The van der Waals surface area contributed by atoms with E-state index in [0.717, 1.165) is 5.56 Å². The van der Waals surface area contributed by atoms with Gasteiger partial charge in [0.25, 0.3) is 5.91 Å². The van der Waals surface area contributed by atoms with Gasteiger partial charge in [0.1, 0.15) is 10.6 Å². The molecule has 0 atom stereocenters. The maximum atomic E-state index is 12.5. The van der Waals surface area contributed by atoms with Gasteiger partial charge in [0.2, 0.25) is 10.0 Å². The van der Waals surface area contributed by atoms with Crippen LogP contribution in [0.15, 0.2) is 47.4 Å². The van der Waals surface area contributed by atoms with Gasteiger partial charge in [-0.15, -0.1) is 0 Å². The third-order valence-corrected chi connectivity index (χ3v) is 5.23. The first-order valence-corrected chi connectivity index (χ1v) is 9.84. The number of carbonyl (C=O) groups excluding carboxylic acids is 1. The molecule has 2 rings (SSSR count). The predicted molar refractivity (Wildman–Crippen MR) is 102 cm³/mol. The molecule has 0 saturated heterocycles. The van der Waals surface area contributed by atoms with E-state index in [9.17, 15) is 13.2 Å². The maximum absolute atomic E-state index is 12.5. The van der Waals surface area contributed by atoms with Crippen LogP contribution in [0.5, 0.6) is 5.75 Å². The molecule has 0 aliphatic heterocycles. The Kier molecular flexibility index (Phi) is 6.93. The van der Waals surface area contributed by atoms with Gasteiger partial charge in [0.05, 0.1) is 19.6 Å². The number of rotatable bonds is 8. The lowest BCUT2D eigenvalue weighted by atomic mass is 10.1. The highest BCUT2D eigenvalue weighted by atomic mass is 32.2. The Labute approximate surface area is 159 Å². The second-order valence-corrected chi connectivity index (χ2v) is 7.48. The highest BCUT2D eigenvalue weighted by molar-refractivity contribution is 7.89. The summed E-state index contributed by atoms with van der Waals surface area (Å²) in [4.78, 5) is 12.4. The number of anilines is 1. The minimum absolute atomic E-state index is 0.0875. The topological polar surface area (TPSA) is 108 Å². The molecule has 2 aromatic rings. The maximum Gasteiger partial charge on any atom is 0.255 e. The largest absolute Gasteiger partial charge is 0.495 e. The van der Waals surface area contributed by atoms with E-state index in [2.05, 4.69) is 16.1 Å². The van der Waals surface area contributed by atoms with Crippen molar-refractivity contribution in [2.75, 3.05) is 19.0 Å². The molecule has 0 heterocycles. The number of nitrogens with zero attached hydrogens (tertiary/aromatic N) is 1. The van der Waals surface area contributed by atoms with E-state index in [1.807, 2.05) is 6.92 Å². The molecule has 0 fully saturated rings. The molecule has 2 N–H and O–H groups in total. The van der Waals surface area contributed by atoms with E-state index in [1.165, 1.54) is 25.3 Å². The van der Waals surface area contributed by atoms with Gasteiger partial charge in [-0.05, 0) is 42.3 Å². The van der Waals surface area contributed by atoms with Crippen LogP contribution in [0.1, 0.15) is 29.3 Å². The molecule has 0 aromatic heterocycles. The Morgan fingerprint density at radius 3 is 2.48 bits per heavy atom. The van der Waals surface area contributed by atoms with Crippen molar-refractivity contribution < 1.29 is 17.9 Å². The molecule has 0 aliphatic carbocycles. The van der Waals surface area contributed by atoms with Crippen LogP contribution in [0, 0.1) is 11.3 Å². The number of amides is 1. The van der Waals surface area contributed by atoms with E-state index in [1.54, 1.807) is 24.3 Å². The Bertz CT molecular complexity index is 948. The first-order chi connectivity index (χ1) is 12.9.